The summed E-state index contributed by atoms with van der Waals surface area (Å²) in [4.78, 5) is 7.29. The van der Waals surface area contributed by atoms with E-state index in [0.717, 1.165) is 45.6 Å². The van der Waals surface area contributed by atoms with E-state index in [1.54, 1.807) is 0 Å². The topological polar surface area (TPSA) is 61.5 Å². The SMILES string of the molecule is N#Cc1c(N=P(c2ccccc2)(c2ccccc2)c2ccccc2)nc2ccccc2c1N1CCOCC1. The number of nitriles is 1. The molecule has 0 aliphatic carbocycles. The minimum absolute atomic E-state index is 0.484. The van der Waals surface area contributed by atoms with Gasteiger partial charge in [-0.05, 0) is 6.07 Å². The van der Waals surface area contributed by atoms with E-state index in [1.165, 1.54) is 0 Å². The fraction of sp³-hybridized carbons (Fsp3) is 0.125. The summed E-state index contributed by atoms with van der Waals surface area (Å²) in [7, 11) is -2.59. The summed E-state index contributed by atoms with van der Waals surface area (Å²) in [6.07, 6.45) is 0. The van der Waals surface area contributed by atoms with E-state index in [4.69, 9.17) is 14.5 Å². The largest absolute Gasteiger partial charge is 0.378 e. The fourth-order valence-corrected chi connectivity index (χ4v) is 8.65. The third-order valence-corrected chi connectivity index (χ3v) is 10.5. The van der Waals surface area contributed by atoms with Gasteiger partial charge in [0.05, 0.1) is 31.5 Å². The Balaban J connectivity index is 1.76. The molecule has 6 heteroatoms. The van der Waals surface area contributed by atoms with Gasteiger partial charge >= 0.3 is 0 Å². The number of rotatable bonds is 5. The van der Waals surface area contributed by atoms with Gasteiger partial charge in [0.15, 0.2) is 5.82 Å². The minimum atomic E-state index is -2.59. The van der Waals surface area contributed by atoms with Crippen molar-refractivity contribution in [2.45, 2.75) is 0 Å². The molecule has 5 aromatic rings. The lowest BCUT2D eigenvalue weighted by atomic mass is 10.1. The summed E-state index contributed by atoms with van der Waals surface area (Å²) >= 11 is 0. The monoisotopic (exact) mass is 514 g/mol. The standard InChI is InChI=1S/C32H27N4OP/c33-24-29-31(36-20-22-37-23-21-36)28-18-10-11-19-30(28)34-32(29)35-38(25-12-4-1-5-13-25,26-14-6-2-7-15-26)27-16-8-3-9-17-27/h1-19H,20-23H2. The van der Waals surface area contributed by atoms with E-state index in [0.29, 0.717) is 24.6 Å². The quantitative estimate of drug-likeness (QED) is 0.280. The first-order valence-corrected chi connectivity index (χ1v) is 14.5. The maximum Gasteiger partial charge on any atom is 0.172 e. The number of hydrogen-bond donors (Lipinski definition) is 0. The van der Waals surface area contributed by atoms with Crippen molar-refractivity contribution < 1.29 is 4.74 Å². The second kappa shape index (κ2) is 10.6. The van der Waals surface area contributed by atoms with Crippen LogP contribution in [0.5, 0.6) is 0 Å². The van der Waals surface area contributed by atoms with E-state index in [1.807, 2.05) is 42.5 Å². The van der Waals surface area contributed by atoms with Crippen molar-refractivity contribution in [2.24, 2.45) is 4.74 Å². The van der Waals surface area contributed by atoms with E-state index in [2.05, 4.69) is 83.8 Å². The lowest BCUT2D eigenvalue weighted by Crippen LogP contribution is -2.36. The third kappa shape index (κ3) is 4.29. The molecule has 1 fully saturated rings. The Morgan fingerprint density at radius 2 is 1.21 bits per heavy atom. The molecule has 1 aliphatic rings. The molecule has 0 atom stereocenters. The molecule has 0 radical (unpaired) electrons. The van der Waals surface area contributed by atoms with Gasteiger partial charge < -0.3 is 9.64 Å². The van der Waals surface area contributed by atoms with E-state index >= 15 is 0 Å². The van der Waals surface area contributed by atoms with Gasteiger partial charge in [0, 0.05) is 34.4 Å². The third-order valence-electron chi connectivity index (χ3n) is 6.92. The predicted molar refractivity (Wildman–Crippen MR) is 157 cm³/mol. The zero-order chi connectivity index (χ0) is 25.8. The Morgan fingerprint density at radius 1 is 0.711 bits per heavy atom. The lowest BCUT2D eigenvalue weighted by Gasteiger charge is -2.31. The highest BCUT2D eigenvalue weighted by Crippen LogP contribution is 2.50. The molecule has 0 spiro atoms. The molecule has 0 N–H and O–H groups in total. The van der Waals surface area contributed by atoms with Gasteiger partial charge in [-0.2, -0.15) is 5.26 Å². The van der Waals surface area contributed by atoms with Crippen LogP contribution in [0.1, 0.15) is 5.56 Å². The highest BCUT2D eigenvalue weighted by Gasteiger charge is 2.30. The number of aromatic nitrogens is 1. The molecule has 2 heterocycles. The Labute approximate surface area is 223 Å². The van der Waals surface area contributed by atoms with Gasteiger partial charge in [-0.15, -0.1) is 0 Å². The van der Waals surface area contributed by atoms with Crippen LogP contribution in [0.3, 0.4) is 0 Å². The van der Waals surface area contributed by atoms with E-state index in [9.17, 15) is 5.26 Å². The summed E-state index contributed by atoms with van der Waals surface area (Å²) in [6.45, 7) is 2.70. The summed E-state index contributed by atoms with van der Waals surface area (Å²) < 4.78 is 11.2. The van der Waals surface area contributed by atoms with Gasteiger partial charge in [0.2, 0.25) is 0 Å². The van der Waals surface area contributed by atoms with Gasteiger partial charge in [0.1, 0.15) is 11.6 Å². The van der Waals surface area contributed by atoms with Crippen molar-refractivity contribution in [2.75, 3.05) is 31.2 Å². The molecule has 6 rings (SSSR count). The Kier molecular flexibility index (Phi) is 6.75. The zero-order valence-corrected chi connectivity index (χ0v) is 21.8. The zero-order valence-electron chi connectivity index (χ0n) is 20.9. The first kappa shape index (κ1) is 24.1. The summed E-state index contributed by atoms with van der Waals surface area (Å²) in [6, 6.07) is 41.9. The highest BCUT2D eigenvalue weighted by molar-refractivity contribution is 7.87. The van der Waals surface area contributed by atoms with E-state index in [-0.39, 0.29) is 0 Å². The Hall–Kier alpha value is -4.23. The summed E-state index contributed by atoms with van der Waals surface area (Å²) in [5.41, 5.74) is 2.24. The van der Waals surface area contributed by atoms with Crippen molar-refractivity contribution in [1.82, 2.24) is 4.98 Å². The van der Waals surface area contributed by atoms with Crippen LogP contribution in [0, 0.1) is 11.3 Å². The van der Waals surface area contributed by atoms with Crippen LogP contribution in [-0.2, 0) is 4.74 Å². The molecule has 1 saturated heterocycles. The Morgan fingerprint density at radius 3 is 1.74 bits per heavy atom. The number of benzene rings is 4. The normalized spacial score (nSPS) is 13.7. The molecule has 38 heavy (non-hydrogen) atoms. The summed E-state index contributed by atoms with van der Waals surface area (Å²) in [5, 5.41) is 14.9. The van der Waals surface area contributed by atoms with Crippen LogP contribution >= 0.6 is 7.05 Å². The van der Waals surface area contributed by atoms with Gasteiger partial charge in [-0.25, -0.2) is 9.73 Å². The maximum absolute atomic E-state index is 10.6. The van der Waals surface area contributed by atoms with Crippen LogP contribution in [0.15, 0.2) is 120 Å². The molecule has 5 nitrogen and oxygen atoms in total. The van der Waals surface area contributed by atoms with Crippen LogP contribution in [0.2, 0.25) is 0 Å². The molecule has 4 aromatic carbocycles. The number of fused-ring (bicyclic) bond motifs is 1. The number of pyridine rings is 1. The first-order chi connectivity index (χ1) is 18.8. The average molecular weight is 515 g/mol. The van der Waals surface area contributed by atoms with Crippen LogP contribution < -0.4 is 20.8 Å². The molecule has 1 aliphatic heterocycles. The number of para-hydroxylation sites is 1. The van der Waals surface area contributed by atoms with Crippen molar-refractivity contribution in [3.05, 3.63) is 121 Å². The van der Waals surface area contributed by atoms with E-state index < -0.39 is 7.05 Å². The van der Waals surface area contributed by atoms with Crippen LogP contribution in [0.25, 0.3) is 10.9 Å². The van der Waals surface area contributed by atoms with Crippen molar-refractivity contribution in [3.8, 4) is 6.07 Å². The highest BCUT2D eigenvalue weighted by atomic mass is 31.2. The number of hydrogen-bond acceptors (Lipinski definition) is 5. The average Bonchev–Trinajstić information content (AvgIpc) is 3.01. The second-order valence-electron chi connectivity index (χ2n) is 9.13. The molecule has 0 bridgehead atoms. The molecule has 0 amide bonds. The van der Waals surface area contributed by atoms with Gasteiger partial charge in [0.25, 0.3) is 0 Å². The van der Waals surface area contributed by atoms with Crippen molar-refractivity contribution >= 4 is 45.4 Å². The molecule has 0 unspecified atom stereocenters. The Bertz CT molecular complexity index is 1560. The fourth-order valence-electron chi connectivity index (χ4n) is 5.17. The summed E-state index contributed by atoms with van der Waals surface area (Å²) in [5.74, 6) is 0.484. The number of nitrogens with zero attached hydrogens (tertiary/aromatic N) is 4. The van der Waals surface area contributed by atoms with Crippen LogP contribution in [-0.4, -0.2) is 31.3 Å². The van der Waals surface area contributed by atoms with Crippen LogP contribution in [0.4, 0.5) is 11.5 Å². The lowest BCUT2D eigenvalue weighted by molar-refractivity contribution is 0.123. The molecule has 0 saturated carbocycles. The predicted octanol–water partition coefficient (Wildman–Crippen LogP) is 5.75. The maximum atomic E-state index is 10.6. The smallest absolute Gasteiger partial charge is 0.172 e. The van der Waals surface area contributed by atoms with Gasteiger partial charge in [-0.1, -0.05) is 109 Å². The van der Waals surface area contributed by atoms with Gasteiger partial charge in [-0.3, -0.25) is 0 Å². The number of anilines is 1. The molecular weight excluding hydrogens is 487 g/mol. The van der Waals surface area contributed by atoms with Crippen molar-refractivity contribution in [3.63, 3.8) is 0 Å². The number of morpholine rings is 1. The second-order valence-corrected chi connectivity index (χ2v) is 12.1. The van der Waals surface area contributed by atoms with Crippen molar-refractivity contribution in [1.29, 1.82) is 5.26 Å². The molecular formula is C32H27N4OP. The molecule has 1 aromatic heterocycles. The minimum Gasteiger partial charge on any atom is -0.378 e. The molecule has 186 valence electrons. The number of ether oxygens (including phenoxy) is 1. The first-order valence-electron chi connectivity index (χ1n) is 12.8.